The number of carbonyl (C=O) groups is 2. The molecule has 2 rings (SSSR count). The fraction of sp³-hybridized carbons (Fsp3) is 0.417. The summed E-state index contributed by atoms with van der Waals surface area (Å²) in [5.74, 6) is 0.135. The van der Waals surface area contributed by atoms with Gasteiger partial charge in [0.1, 0.15) is 11.9 Å². The van der Waals surface area contributed by atoms with Crippen LogP contribution in [0, 0.1) is 5.82 Å². The summed E-state index contributed by atoms with van der Waals surface area (Å²) in [5, 5.41) is 3.63. The second-order valence-corrected chi connectivity index (χ2v) is 10.1. The maximum atomic E-state index is 13.3. The maximum absolute atomic E-state index is 13.3. The summed E-state index contributed by atoms with van der Waals surface area (Å²) in [7, 11) is 0. The van der Waals surface area contributed by atoms with Crippen LogP contribution in [0.1, 0.15) is 46.1 Å². The van der Waals surface area contributed by atoms with Gasteiger partial charge in [-0.1, -0.05) is 23.7 Å². The molecule has 2 aromatic carbocycles. The lowest BCUT2D eigenvalue weighted by atomic mass is 10.1. The van der Waals surface area contributed by atoms with Gasteiger partial charge in [0.2, 0.25) is 11.8 Å². The van der Waals surface area contributed by atoms with E-state index in [9.17, 15) is 14.0 Å². The normalized spacial score (nSPS) is 12.3. The highest BCUT2D eigenvalue weighted by Crippen LogP contribution is 2.22. The number of benzene rings is 2. The zero-order chi connectivity index (χ0) is 23.0. The first-order chi connectivity index (χ1) is 14.5. The molecule has 0 saturated carbocycles. The Balaban J connectivity index is 2.01. The largest absolute Gasteiger partial charge is 0.350 e. The number of carbonyl (C=O) groups excluding carboxylic acids is 2. The van der Waals surface area contributed by atoms with E-state index in [2.05, 4.69) is 5.32 Å². The number of hydrogen-bond donors (Lipinski definition) is 1. The van der Waals surface area contributed by atoms with E-state index in [1.165, 1.54) is 12.1 Å². The van der Waals surface area contributed by atoms with E-state index >= 15 is 0 Å². The minimum atomic E-state index is -0.638. The highest BCUT2D eigenvalue weighted by Gasteiger charge is 2.28. The summed E-state index contributed by atoms with van der Waals surface area (Å²) in [4.78, 5) is 28.4. The Kier molecular flexibility index (Phi) is 9.38. The monoisotopic (exact) mass is 464 g/mol. The van der Waals surface area contributed by atoms with Gasteiger partial charge in [-0.3, -0.25) is 9.59 Å². The molecule has 31 heavy (non-hydrogen) atoms. The van der Waals surface area contributed by atoms with Crippen molar-refractivity contribution in [3.8, 4) is 0 Å². The second-order valence-electron chi connectivity index (χ2n) is 8.47. The van der Waals surface area contributed by atoms with Crippen molar-refractivity contribution in [1.29, 1.82) is 0 Å². The molecule has 0 aliphatic carbocycles. The molecule has 0 fully saturated rings. The first-order valence-electron chi connectivity index (χ1n) is 10.3. The van der Waals surface area contributed by atoms with Crippen LogP contribution in [-0.4, -0.2) is 34.0 Å². The minimum absolute atomic E-state index is 0.0995. The van der Waals surface area contributed by atoms with E-state index in [-0.39, 0.29) is 24.2 Å². The molecule has 1 atom stereocenters. The van der Waals surface area contributed by atoms with Crippen molar-refractivity contribution in [3.63, 3.8) is 0 Å². The molecular formula is C24H30ClFN2O2S. The van der Waals surface area contributed by atoms with Crippen molar-refractivity contribution in [3.05, 3.63) is 64.9 Å². The zero-order valence-corrected chi connectivity index (χ0v) is 20.0. The molecule has 0 saturated heterocycles. The number of nitrogens with zero attached hydrogens (tertiary/aromatic N) is 1. The summed E-state index contributed by atoms with van der Waals surface area (Å²) < 4.78 is 13.3. The van der Waals surface area contributed by atoms with Gasteiger partial charge in [-0.05, 0) is 81.8 Å². The minimum Gasteiger partial charge on any atom is -0.350 e. The number of amides is 2. The van der Waals surface area contributed by atoms with Crippen molar-refractivity contribution in [2.45, 2.75) is 63.6 Å². The Morgan fingerprint density at radius 3 is 2.29 bits per heavy atom. The lowest BCUT2D eigenvalue weighted by Crippen LogP contribution is -2.52. The smallest absolute Gasteiger partial charge is 0.242 e. The predicted molar refractivity (Wildman–Crippen MR) is 126 cm³/mol. The van der Waals surface area contributed by atoms with Gasteiger partial charge in [0.25, 0.3) is 0 Å². The molecule has 1 N–H and O–H groups in total. The molecule has 0 heterocycles. The third-order valence-electron chi connectivity index (χ3n) is 4.55. The van der Waals surface area contributed by atoms with Crippen LogP contribution in [0.15, 0.2) is 53.4 Å². The maximum Gasteiger partial charge on any atom is 0.242 e. The molecule has 1 unspecified atom stereocenters. The standard InChI is InChI=1S/C24H30ClFN2O2S/c1-17(23(30)27-24(2,3)4)28(16-18-7-11-20(26)12-8-18)22(29)6-5-15-31-21-13-9-19(25)10-14-21/h7-14,17H,5-6,15-16H2,1-4H3,(H,27,30). The van der Waals surface area contributed by atoms with E-state index in [0.29, 0.717) is 17.9 Å². The van der Waals surface area contributed by atoms with Crippen LogP contribution in [0.25, 0.3) is 0 Å². The lowest BCUT2D eigenvalue weighted by Gasteiger charge is -2.31. The zero-order valence-electron chi connectivity index (χ0n) is 18.5. The Bertz CT molecular complexity index is 867. The first kappa shape index (κ1) is 25.2. The van der Waals surface area contributed by atoms with Crippen molar-refractivity contribution in [2.24, 2.45) is 0 Å². The number of rotatable bonds is 9. The summed E-state index contributed by atoms with van der Waals surface area (Å²) in [5.41, 5.74) is 0.381. The highest BCUT2D eigenvalue weighted by atomic mass is 35.5. The van der Waals surface area contributed by atoms with Crippen molar-refractivity contribution in [2.75, 3.05) is 5.75 Å². The average Bonchev–Trinajstić information content (AvgIpc) is 2.70. The first-order valence-corrected chi connectivity index (χ1v) is 11.7. The van der Waals surface area contributed by atoms with Crippen LogP contribution in [0.2, 0.25) is 5.02 Å². The number of hydrogen-bond acceptors (Lipinski definition) is 3. The van der Waals surface area contributed by atoms with Crippen molar-refractivity contribution < 1.29 is 14.0 Å². The SMILES string of the molecule is CC(C(=O)NC(C)(C)C)N(Cc1ccc(F)cc1)C(=O)CCCSc1ccc(Cl)cc1. The fourth-order valence-electron chi connectivity index (χ4n) is 2.93. The molecule has 4 nitrogen and oxygen atoms in total. The quantitative estimate of drug-likeness (QED) is 0.383. The summed E-state index contributed by atoms with van der Waals surface area (Å²) >= 11 is 7.57. The third-order valence-corrected chi connectivity index (χ3v) is 5.90. The molecule has 0 radical (unpaired) electrons. The summed E-state index contributed by atoms with van der Waals surface area (Å²) in [6.45, 7) is 7.68. The molecule has 2 aromatic rings. The Labute approximate surface area is 193 Å². The summed E-state index contributed by atoms with van der Waals surface area (Å²) in [6, 6.07) is 13.0. The van der Waals surface area contributed by atoms with Gasteiger partial charge in [-0.15, -0.1) is 11.8 Å². The number of thioether (sulfide) groups is 1. The Morgan fingerprint density at radius 1 is 1.10 bits per heavy atom. The molecule has 2 amide bonds. The van der Waals surface area contributed by atoms with E-state index in [1.54, 1.807) is 35.7 Å². The van der Waals surface area contributed by atoms with Crippen LogP contribution < -0.4 is 5.32 Å². The van der Waals surface area contributed by atoms with Crippen molar-refractivity contribution in [1.82, 2.24) is 10.2 Å². The van der Waals surface area contributed by atoms with Crippen LogP contribution in [0.3, 0.4) is 0 Å². The lowest BCUT2D eigenvalue weighted by molar-refractivity contribution is -0.141. The van der Waals surface area contributed by atoms with Crippen molar-refractivity contribution >= 4 is 35.2 Å². The summed E-state index contributed by atoms with van der Waals surface area (Å²) in [6.07, 6.45) is 1.01. The van der Waals surface area contributed by atoms with E-state index in [0.717, 1.165) is 16.2 Å². The average molecular weight is 465 g/mol. The fourth-order valence-corrected chi connectivity index (χ4v) is 3.91. The van der Waals surface area contributed by atoms with Gasteiger partial charge in [0.15, 0.2) is 0 Å². The van der Waals surface area contributed by atoms with Gasteiger partial charge in [-0.25, -0.2) is 4.39 Å². The molecular weight excluding hydrogens is 435 g/mol. The topological polar surface area (TPSA) is 49.4 Å². The third kappa shape index (κ3) is 8.91. The van der Waals surface area contributed by atoms with Crippen LogP contribution in [-0.2, 0) is 16.1 Å². The molecule has 0 aliphatic heterocycles. The molecule has 0 bridgehead atoms. The van der Waals surface area contributed by atoms with Gasteiger partial charge in [0.05, 0.1) is 0 Å². The van der Waals surface area contributed by atoms with Gasteiger partial charge in [0, 0.05) is 28.4 Å². The number of nitrogens with one attached hydrogen (secondary N) is 1. The Hall–Kier alpha value is -2.05. The van der Waals surface area contributed by atoms with Gasteiger partial charge < -0.3 is 10.2 Å². The molecule has 0 aliphatic rings. The van der Waals surface area contributed by atoms with E-state index in [1.807, 2.05) is 45.0 Å². The van der Waals surface area contributed by atoms with Crippen LogP contribution in [0.5, 0.6) is 0 Å². The molecule has 7 heteroatoms. The highest BCUT2D eigenvalue weighted by molar-refractivity contribution is 7.99. The Morgan fingerprint density at radius 2 is 1.71 bits per heavy atom. The predicted octanol–water partition coefficient (Wildman–Crippen LogP) is 5.68. The molecule has 168 valence electrons. The number of halogens is 2. The van der Waals surface area contributed by atoms with Crippen LogP contribution in [0.4, 0.5) is 4.39 Å². The van der Waals surface area contributed by atoms with Gasteiger partial charge in [-0.2, -0.15) is 0 Å². The van der Waals surface area contributed by atoms with Gasteiger partial charge >= 0.3 is 0 Å². The van der Waals surface area contributed by atoms with E-state index < -0.39 is 11.6 Å². The van der Waals surface area contributed by atoms with Crippen LogP contribution >= 0.6 is 23.4 Å². The second kappa shape index (κ2) is 11.5. The molecule has 0 spiro atoms. The van der Waals surface area contributed by atoms with E-state index in [4.69, 9.17) is 11.6 Å². The molecule has 0 aromatic heterocycles.